The van der Waals surface area contributed by atoms with Crippen LogP contribution in [0.5, 0.6) is 5.75 Å². The van der Waals surface area contributed by atoms with E-state index in [9.17, 15) is 4.79 Å². The summed E-state index contributed by atoms with van der Waals surface area (Å²) in [5, 5.41) is 10.8. The van der Waals surface area contributed by atoms with E-state index in [0.29, 0.717) is 12.3 Å². The fourth-order valence-electron chi connectivity index (χ4n) is 2.63. The van der Waals surface area contributed by atoms with Crippen molar-refractivity contribution in [3.05, 3.63) is 59.3 Å². The number of nitrogens with zero attached hydrogens (tertiary/aromatic N) is 3. The molecule has 0 saturated heterocycles. The summed E-state index contributed by atoms with van der Waals surface area (Å²) in [6.45, 7) is 6.44. The molecule has 3 N–H and O–H groups in total. The van der Waals surface area contributed by atoms with Crippen LogP contribution >= 0.6 is 0 Å². The van der Waals surface area contributed by atoms with Gasteiger partial charge >= 0.3 is 0 Å². The Morgan fingerprint density at radius 1 is 1.19 bits per heavy atom. The van der Waals surface area contributed by atoms with E-state index in [4.69, 9.17) is 10.5 Å². The molecule has 0 fully saturated rings. The summed E-state index contributed by atoms with van der Waals surface area (Å²) in [6, 6.07) is 13.0. The Morgan fingerprint density at radius 2 is 1.92 bits per heavy atom. The molecule has 1 aromatic heterocycles. The number of aryl methyl sites for hydroxylation is 2. The first-order chi connectivity index (χ1) is 12.5. The third kappa shape index (κ3) is 3.51. The summed E-state index contributed by atoms with van der Waals surface area (Å²) in [4.78, 5) is 12.5. The molecule has 0 atom stereocenters. The van der Waals surface area contributed by atoms with Gasteiger partial charge in [-0.05, 0) is 56.7 Å². The highest BCUT2D eigenvalue weighted by Gasteiger charge is 2.19. The average molecular weight is 351 g/mol. The van der Waals surface area contributed by atoms with Crippen LogP contribution in [-0.2, 0) is 0 Å². The molecule has 2 aromatic carbocycles. The summed E-state index contributed by atoms with van der Waals surface area (Å²) < 4.78 is 6.84. The van der Waals surface area contributed by atoms with Crippen LogP contribution in [0.2, 0.25) is 0 Å². The number of hydrogen-bond acceptors (Lipinski definition) is 5. The summed E-state index contributed by atoms with van der Waals surface area (Å²) >= 11 is 0. The van der Waals surface area contributed by atoms with Crippen molar-refractivity contribution in [2.45, 2.75) is 20.8 Å². The van der Waals surface area contributed by atoms with Crippen LogP contribution in [0.25, 0.3) is 5.69 Å². The standard InChI is InChI=1S/C19H21N5O2/c1-4-26-15-8-6-14(7-9-15)24-18(20)17(22-23-24)19(25)21-16-10-5-12(2)11-13(16)3/h5-11H,4,20H2,1-3H3,(H,21,25). The highest BCUT2D eigenvalue weighted by molar-refractivity contribution is 6.06. The Morgan fingerprint density at radius 3 is 2.58 bits per heavy atom. The Hall–Kier alpha value is -3.35. The maximum absolute atomic E-state index is 12.5. The lowest BCUT2D eigenvalue weighted by atomic mass is 10.1. The SMILES string of the molecule is CCOc1ccc(-n2nnc(C(=O)Nc3ccc(C)cc3C)c2N)cc1. The van der Waals surface area contributed by atoms with E-state index in [1.54, 1.807) is 0 Å². The first-order valence-corrected chi connectivity index (χ1v) is 8.32. The van der Waals surface area contributed by atoms with Gasteiger partial charge in [-0.15, -0.1) is 5.10 Å². The normalized spacial score (nSPS) is 10.6. The minimum Gasteiger partial charge on any atom is -0.494 e. The van der Waals surface area contributed by atoms with Crippen molar-refractivity contribution in [1.82, 2.24) is 15.0 Å². The molecule has 0 unspecified atom stereocenters. The number of aromatic nitrogens is 3. The summed E-state index contributed by atoms with van der Waals surface area (Å²) in [7, 11) is 0. The molecule has 0 bridgehead atoms. The molecule has 3 aromatic rings. The second kappa shape index (κ2) is 7.26. The molecule has 0 aliphatic carbocycles. The zero-order chi connectivity index (χ0) is 18.7. The van der Waals surface area contributed by atoms with Gasteiger partial charge in [-0.3, -0.25) is 4.79 Å². The molecule has 1 heterocycles. The lowest BCUT2D eigenvalue weighted by molar-refractivity contribution is 0.102. The smallest absolute Gasteiger partial charge is 0.280 e. The highest BCUT2D eigenvalue weighted by Crippen LogP contribution is 2.21. The van der Waals surface area contributed by atoms with Gasteiger partial charge in [-0.25, -0.2) is 0 Å². The Kier molecular flexibility index (Phi) is 4.88. The van der Waals surface area contributed by atoms with Crippen molar-refractivity contribution >= 4 is 17.4 Å². The number of carbonyl (C=O) groups excluding carboxylic acids is 1. The number of amides is 1. The van der Waals surface area contributed by atoms with Crippen LogP contribution in [0.3, 0.4) is 0 Å². The maximum Gasteiger partial charge on any atom is 0.280 e. The maximum atomic E-state index is 12.5. The molecule has 1 amide bonds. The number of nitrogen functional groups attached to an aromatic ring is 1. The molecule has 0 saturated carbocycles. The topological polar surface area (TPSA) is 95.1 Å². The highest BCUT2D eigenvalue weighted by atomic mass is 16.5. The molecular formula is C19H21N5O2. The Bertz CT molecular complexity index is 932. The molecule has 0 aliphatic heterocycles. The minimum atomic E-state index is -0.397. The lowest BCUT2D eigenvalue weighted by Gasteiger charge is -2.08. The first-order valence-electron chi connectivity index (χ1n) is 8.32. The van der Waals surface area contributed by atoms with Crippen molar-refractivity contribution < 1.29 is 9.53 Å². The zero-order valence-corrected chi connectivity index (χ0v) is 15.0. The van der Waals surface area contributed by atoms with E-state index in [-0.39, 0.29) is 11.5 Å². The fraction of sp³-hybridized carbons (Fsp3) is 0.211. The molecular weight excluding hydrogens is 330 g/mol. The van der Waals surface area contributed by atoms with Crippen LogP contribution in [0.15, 0.2) is 42.5 Å². The second-order valence-electron chi connectivity index (χ2n) is 5.93. The molecule has 7 nitrogen and oxygen atoms in total. The van der Waals surface area contributed by atoms with Gasteiger partial charge in [0, 0.05) is 5.69 Å². The third-order valence-corrected chi connectivity index (χ3v) is 3.94. The van der Waals surface area contributed by atoms with E-state index in [1.165, 1.54) is 4.68 Å². The van der Waals surface area contributed by atoms with Crippen molar-refractivity contribution in [1.29, 1.82) is 0 Å². The van der Waals surface area contributed by atoms with Gasteiger partial charge in [0.1, 0.15) is 5.75 Å². The van der Waals surface area contributed by atoms with Crippen molar-refractivity contribution in [2.24, 2.45) is 0 Å². The summed E-state index contributed by atoms with van der Waals surface area (Å²) in [5.74, 6) is 0.533. The average Bonchev–Trinajstić information content (AvgIpc) is 3.00. The van der Waals surface area contributed by atoms with Gasteiger partial charge in [-0.1, -0.05) is 22.9 Å². The quantitative estimate of drug-likeness (QED) is 0.736. The molecule has 26 heavy (non-hydrogen) atoms. The molecule has 0 aliphatic rings. The van der Waals surface area contributed by atoms with Gasteiger partial charge in [0.05, 0.1) is 12.3 Å². The molecule has 0 spiro atoms. The fourth-order valence-corrected chi connectivity index (χ4v) is 2.63. The van der Waals surface area contributed by atoms with E-state index < -0.39 is 5.91 Å². The lowest BCUT2D eigenvalue weighted by Crippen LogP contribution is -2.15. The van der Waals surface area contributed by atoms with Gasteiger partial charge in [0.15, 0.2) is 11.5 Å². The Balaban J connectivity index is 1.82. The molecule has 3 rings (SSSR count). The van der Waals surface area contributed by atoms with Crippen LogP contribution in [0.4, 0.5) is 11.5 Å². The van der Waals surface area contributed by atoms with Crippen LogP contribution in [0.1, 0.15) is 28.5 Å². The monoisotopic (exact) mass is 351 g/mol. The van der Waals surface area contributed by atoms with E-state index >= 15 is 0 Å². The van der Waals surface area contributed by atoms with Gasteiger partial charge in [-0.2, -0.15) is 4.68 Å². The first kappa shape index (κ1) is 17.5. The van der Waals surface area contributed by atoms with Gasteiger partial charge in [0.25, 0.3) is 5.91 Å². The summed E-state index contributed by atoms with van der Waals surface area (Å²) in [5.41, 5.74) is 9.69. The van der Waals surface area contributed by atoms with E-state index in [0.717, 1.165) is 22.6 Å². The number of rotatable bonds is 5. The number of nitrogens with two attached hydrogens (primary N) is 1. The van der Waals surface area contributed by atoms with Gasteiger partial charge < -0.3 is 15.8 Å². The predicted octanol–water partition coefficient (Wildman–Crippen LogP) is 3.12. The van der Waals surface area contributed by atoms with Crippen molar-refractivity contribution in [3.63, 3.8) is 0 Å². The number of carbonyl (C=O) groups is 1. The summed E-state index contributed by atoms with van der Waals surface area (Å²) in [6.07, 6.45) is 0. The second-order valence-corrected chi connectivity index (χ2v) is 5.93. The number of hydrogen-bond donors (Lipinski definition) is 2. The van der Waals surface area contributed by atoms with Gasteiger partial charge in [0.2, 0.25) is 0 Å². The zero-order valence-electron chi connectivity index (χ0n) is 15.0. The minimum absolute atomic E-state index is 0.0823. The van der Waals surface area contributed by atoms with Crippen LogP contribution in [0, 0.1) is 13.8 Å². The van der Waals surface area contributed by atoms with Crippen LogP contribution in [-0.4, -0.2) is 27.5 Å². The van der Waals surface area contributed by atoms with Crippen molar-refractivity contribution in [2.75, 3.05) is 17.7 Å². The number of ether oxygens (including phenoxy) is 1. The van der Waals surface area contributed by atoms with E-state index in [1.807, 2.05) is 63.2 Å². The molecule has 7 heteroatoms. The van der Waals surface area contributed by atoms with Crippen molar-refractivity contribution in [3.8, 4) is 11.4 Å². The Labute approximate surface area is 151 Å². The third-order valence-electron chi connectivity index (χ3n) is 3.94. The number of benzene rings is 2. The number of nitrogens with one attached hydrogen (secondary N) is 1. The number of anilines is 2. The molecule has 134 valence electrons. The molecule has 0 radical (unpaired) electrons. The van der Waals surface area contributed by atoms with Crippen LogP contribution < -0.4 is 15.8 Å². The van der Waals surface area contributed by atoms with E-state index in [2.05, 4.69) is 15.6 Å². The largest absolute Gasteiger partial charge is 0.494 e. The predicted molar refractivity (Wildman–Crippen MR) is 101 cm³/mol.